The van der Waals surface area contributed by atoms with Gasteiger partial charge in [-0.25, -0.2) is 4.98 Å². The van der Waals surface area contributed by atoms with Crippen LogP contribution < -0.4 is 10.1 Å². The van der Waals surface area contributed by atoms with E-state index in [0.29, 0.717) is 10.9 Å². The zero-order valence-corrected chi connectivity index (χ0v) is 13.0. The number of carbonyl (C=O) groups excluding carboxylic acids is 2. The summed E-state index contributed by atoms with van der Waals surface area (Å²) in [5, 5.41) is 3.14. The Bertz CT molecular complexity index is 667. The number of nitrogens with zero attached hydrogens (tertiary/aromatic N) is 1. The lowest BCUT2D eigenvalue weighted by molar-refractivity contribution is -0.114. The van der Waals surface area contributed by atoms with E-state index < -0.39 is 0 Å². The van der Waals surface area contributed by atoms with Gasteiger partial charge in [-0.3, -0.25) is 9.59 Å². The molecule has 0 unspecified atom stereocenters. The van der Waals surface area contributed by atoms with Crippen LogP contribution in [-0.4, -0.2) is 28.9 Å². The number of thioether (sulfide) groups is 1. The van der Waals surface area contributed by atoms with Crippen molar-refractivity contribution in [2.45, 2.75) is 13.8 Å². The molecule has 1 amide bonds. The third kappa shape index (κ3) is 3.29. The number of methoxy groups -OCH3 is 1. The first kappa shape index (κ1) is 14.8. The summed E-state index contributed by atoms with van der Waals surface area (Å²) < 4.78 is 6.25. The van der Waals surface area contributed by atoms with Gasteiger partial charge in [0.25, 0.3) is 0 Å². The predicted octanol–water partition coefficient (Wildman–Crippen LogP) is 2.83. The van der Waals surface area contributed by atoms with Gasteiger partial charge >= 0.3 is 0 Å². The van der Waals surface area contributed by atoms with Gasteiger partial charge in [0.2, 0.25) is 5.91 Å². The maximum absolute atomic E-state index is 11.7. The Morgan fingerprint density at radius 2 is 2.20 bits per heavy atom. The molecule has 0 aliphatic heterocycles. The average Bonchev–Trinajstić information content (AvgIpc) is 2.81. The zero-order valence-electron chi connectivity index (χ0n) is 11.4. The fourth-order valence-corrected chi connectivity index (χ4v) is 3.02. The predicted molar refractivity (Wildman–Crippen MR) is 82.7 cm³/mol. The molecule has 0 aliphatic rings. The minimum absolute atomic E-state index is 0.0815. The summed E-state index contributed by atoms with van der Waals surface area (Å²) in [4.78, 5) is 26.9. The van der Waals surface area contributed by atoms with E-state index in [4.69, 9.17) is 4.74 Å². The van der Waals surface area contributed by atoms with Crippen LogP contribution in [0.15, 0.2) is 12.1 Å². The summed E-state index contributed by atoms with van der Waals surface area (Å²) in [6.07, 6.45) is 0. The second-order valence-electron chi connectivity index (χ2n) is 4.11. The first-order valence-electron chi connectivity index (χ1n) is 5.88. The lowest BCUT2D eigenvalue weighted by Crippen LogP contribution is -2.14. The second kappa shape index (κ2) is 6.23. The molecule has 0 aliphatic carbocycles. The fraction of sp³-hybridized carbons (Fsp3) is 0.308. The quantitative estimate of drug-likeness (QED) is 0.940. The number of hydrogen-bond acceptors (Lipinski definition) is 6. The Morgan fingerprint density at radius 1 is 1.45 bits per heavy atom. The van der Waals surface area contributed by atoms with E-state index in [9.17, 15) is 9.59 Å². The normalized spacial score (nSPS) is 10.6. The molecule has 1 N–H and O–H groups in total. The van der Waals surface area contributed by atoms with Crippen molar-refractivity contribution in [3.8, 4) is 5.75 Å². The van der Waals surface area contributed by atoms with Crippen molar-refractivity contribution in [1.29, 1.82) is 0 Å². The number of anilines is 1. The van der Waals surface area contributed by atoms with Gasteiger partial charge in [0.15, 0.2) is 10.2 Å². The molecular formula is C13H14N2O3S2. The largest absolute Gasteiger partial charge is 0.494 e. The van der Waals surface area contributed by atoms with E-state index in [-0.39, 0.29) is 16.8 Å². The van der Waals surface area contributed by atoms with Crippen LogP contribution in [0.2, 0.25) is 0 Å². The molecule has 2 aromatic rings. The number of amides is 1. The highest BCUT2D eigenvalue weighted by Gasteiger charge is 2.13. The van der Waals surface area contributed by atoms with Crippen LogP contribution in [0.3, 0.4) is 0 Å². The molecule has 0 radical (unpaired) electrons. The number of ether oxygens (including phenoxy) is 1. The fourth-order valence-electron chi connectivity index (χ4n) is 1.65. The molecule has 1 heterocycles. The lowest BCUT2D eigenvalue weighted by atomic mass is 10.2. The van der Waals surface area contributed by atoms with Gasteiger partial charge in [0.1, 0.15) is 11.3 Å². The summed E-state index contributed by atoms with van der Waals surface area (Å²) in [6, 6.07) is 3.81. The van der Waals surface area contributed by atoms with E-state index in [2.05, 4.69) is 10.3 Å². The van der Waals surface area contributed by atoms with Crippen molar-refractivity contribution in [1.82, 2.24) is 4.98 Å². The molecule has 20 heavy (non-hydrogen) atoms. The Hall–Kier alpha value is -1.60. The molecule has 0 saturated heterocycles. The minimum atomic E-state index is -0.235. The third-order valence-electron chi connectivity index (χ3n) is 2.58. The summed E-state index contributed by atoms with van der Waals surface area (Å²) in [7, 11) is 1.59. The molecule has 0 spiro atoms. The molecule has 106 valence electrons. The van der Waals surface area contributed by atoms with Crippen LogP contribution in [0.4, 0.5) is 5.13 Å². The highest BCUT2D eigenvalue weighted by molar-refractivity contribution is 8.14. The van der Waals surface area contributed by atoms with Crippen LogP contribution in [0, 0.1) is 6.92 Å². The maximum Gasteiger partial charge on any atom is 0.236 e. The van der Waals surface area contributed by atoms with Crippen molar-refractivity contribution >= 4 is 49.5 Å². The molecule has 0 bridgehead atoms. The number of hydrogen-bond donors (Lipinski definition) is 1. The SMILES string of the molecule is COc1ccc(C)c2sc(NC(=O)CSC(C)=O)nc12. The van der Waals surface area contributed by atoms with E-state index in [1.54, 1.807) is 7.11 Å². The summed E-state index contributed by atoms with van der Waals surface area (Å²) in [5.74, 6) is 0.544. The molecule has 1 aromatic heterocycles. The van der Waals surface area contributed by atoms with Gasteiger partial charge in [-0.1, -0.05) is 29.2 Å². The van der Waals surface area contributed by atoms with Crippen molar-refractivity contribution in [3.05, 3.63) is 17.7 Å². The molecule has 0 atom stereocenters. The van der Waals surface area contributed by atoms with Gasteiger partial charge < -0.3 is 10.1 Å². The molecular weight excluding hydrogens is 296 g/mol. The van der Waals surface area contributed by atoms with Crippen LogP contribution in [-0.2, 0) is 9.59 Å². The Kier molecular flexibility index (Phi) is 4.61. The van der Waals surface area contributed by atoms with E-state index in [0.717, 1.165) is 27.5 Å². The average molecular weight is 310 g/mol. The lowest BCUT2D eigenvalue weighted by Gasteiger charge is -2.01. The zero-order chi connectivity index (χ0) is 14.7. The molecule has 2 rings (SSSR count). The van der Waals surface area contributed by atoms with Crippen LogP contribution >= 0.6 is 23.1 Å². The van der Waals surface area contributed by atoms with Crippen LogP contribution in [0.5, 0.6) is 5.75 Å². The first-order chi connectivity index (χ1) is 9.51. The third-order valence-corrected chi connectivity index (χ3v) is 4.50. The molecule has 0 saturated carbocycles. The van der Waals surface area contributed by atoms with Crippen molar-refractivity contribution in [2.75, 3.05) is 18.2 Å². The number of aryl methyl sites for hydroxylation is 1. The van der Waals surface area contributed by atoms with Gasteiger partial charge in [-0.05, 0) is 18.6 Å². The monoisotopic (exact) mass is 310 g/mol. The molecule has 5 nitrogen and oxygen atoms in total. The molecule has 0 fully saturated rings. The number of aromatic nitrogens is 1. The standard InChI is InChI=1S/C13H14N2O3S2/c1-7-4-5-9(18-3)11-12(7)20-13(15-11)14-10(17)6-19-8(2)16/h4-5H,6H2,1-3H3,(H,14,15,17). The number of carbonyl (C=O) groups is 2. The Morgan fingerprint density at radius 3 is 2.85 bits per heavy atom. The van der Waals surface area contributed by atoms with E-state index in [1.165, 1.54) is 18.3 Å². The summed E-state index contributed by atoms with van der Waals surface area (Å²) in [6.45, 7) is 3.42. The van der Waals surface area contributed by atoms with Crippen molar-refractivity contribution in [2.24, 2.45) is 0 Å². The number of benzene rings is 1. The second-order valence-corrected chi connectivity index (χ2v) is 6.26. The van der Waals surface area contributed by atoms with Gasteiger partial charge in [-0.15, -0.1) is 0 Å². The van der Waals surface area contributed by atoms with E-state index >= 15 is 0 Å². The Balaban J connectivity index is 2.21. The number of nitrogens with one attached hydrogen (secondary N) is 1. The van der Waals surface area contributed by atoms with Crippen LogP contribution in [0.25, 0.3) is 10.2 Å². The van der Waals surface area contributed by atoms with Crippen molar-refractivity contribution in [3.63, 3.8) is 0 Å². The number of thiazole rings is 1. The minimum Gasteiger partial charge on any atom is -0.494 e. The Labute approximate surface area is 124 Å². The number of rotatable bonds is 4. The summed E-state index contributed by atoms with van der Waals surface area (Å²) in [5.41, 5.74) is 1.82. The van der Waals surface area contributed by atoms with Crippen molar-refractivity contribution < 1.29 is 14.3 Å². The smallest absolute Gasteiger partial charge is 0.236 e. The maximum atomic E-state index is 11.7. The van der Waals surface area contributed by atoms with Gasteiger partial charge in [0.05, 0.1) is 17.6 Å². The highest BCUT2D eigenvalue weighted by Crippen LogP contribution is 2.34. The number of fused-ring (bicyclic) bond motifs is 1. The summed E-state index contributed by atoms with van der Waals surface area (Å²) >= 11 is 2.38. The topological polar surface area (TPSA) is 68.3 Å². The molecule has 7 heteroatoms. The highest BCUT2D eigenvalue weighted by atomic mass is 32.2. The molecule has 1 aromatic carbocycles. The van der Waals surface area contributed by atoms with Crippen LogP contribution in [0.1, 0.15) is 12.5 Å². The van der Waals surface area contributed by atoms with Gasteiger partial charge in [0, 0.05) is 6.92 Å². The first-order valence-corrected chi connectivity index (χ1v) is 7.69. The van der Waals surface area contributed by atoms with E-state index in [1.807, 2.05) is 19.1 Å². The van der Waals surface area contributed by atoms with Gasteiger partial charge in [-0.2, -0.15) is 0 Å².